The minimum Gasteiger partial charge on any atom is -0.383 e. The highest BCUT2D eigenvalue weighted by Crippen LogP contribution is 2.39. The number of halogens is 5. The lowest BCUT2D eigenvalue weighted by Gasteiger charge is -2.34. The molecule has 0 spiro atoms. The number of hydrogen-bond acceptors (Lipinski definition) is 7. The van der Waals surface area contributed by atoms with E-state index in [0.29, 0.717) is 55.7 Å². The third kappa shape index (κ3) is 6.46. The summed E-state index contributed by atoms with van der Waals surface area (Å²) in [6.45, 7) is 5.61. The summed E-state index contributed by atoms with van der Waals surface area (Å²) in [4.78, 5) is 4.40. The fourth-order valence-electron chi connectivity index (χ4n) is 4.28. The molecular weight excluding hydrogens is 549 g/mol. The van der Waals surface area contributed by atoms with Crippen LogP contribution >= 0.6 is 23.2 Å². The molecule has 0 bridgehead atoms. The second-order valence-electron chi connectivity index (χ2n) is 10.7. The van der Waals surface area contributed by atoms with Gasteiger partial charge in [0.1, 0.15) is 20.5 Å². The van der Waals surface area contributed by atoms with Gasteiger partial charge in [0.2, 0.25) is 0 Å². The van der Waals surface area contributed by atoms with Gasteiger partial charge in [0.25, 0.3) is 0 Å². The molecule has 39 heavy (non-hydrogen) atoms. The lowest BCUT2D eigenvalue weighted by Crippen LogP contribution is -2.46. The van der Waals surface area contributed by atoms with Crippen LogP contribution in [0, 0.1) is 16.7 Å². The van der Waals surface area contributed by atoms with E-state index in [1.807, 2.05) is 6.07 Å². The van der Waals surface area contributed by atoms with Crippen LogP contribution in [0.3, 0.4) is 0 Å². The molecule has 1 aromatic heterocycles. The molecule has 2 heterocycles. The van der Waals surface area contributed by atoms with Crippen molar-refractivity contribution in [2.24, 2.45) is 5.41 Å². The Balaban J connectivity index is 1.83. The van der Waals surface area contributed by atoms with Gasteiger partial charge in [-0.2, -0.15) is 18.4 Å². The second-order valence-corrected chi connectivity index (χ2v) is 11.5. The molecule has 13 heteroatoms. The highest BCUT2D eigenvalue weighted by molar-refractivity contribution is 6.36. The van der Waals surface area contributed by atoms with E-state index in [1.54, 1.807) is 38.2 Å². The van der Waals surface area contributed by atoms with Gasteiger partial charge in [-0.25, -0.2) is 0 Å². The van der Waals surface area contributed by atoms with Crippen molar-refractivity contribution in [1.82, 2.24) is 21.0 Å². The SMILES string of the molecule is BC(Nc1cc(Cl)c2ncc(C#N)c(NCC(C)(C)C)c2c1)(C1=CN(CC(F)(F)F)NN1)c1ccccc1Cl. The van der Waals surface area contributed by atoms with Crippen molar-refractivity contribution in [3.8, 4) is 6.07 Å². The lowest BCUT2D eigenvalue weighted by molar-refractivity contribution is -0.145. The van der Waals surface area contributed by atoms with Crippen LogP contribution in [0.15, 0.2) is 54.5 Å². The van der Waals surface area contributed by atoms with Crippen molar-refractivity contribution in [2.75, 3.05) is 23.7 Å². The van der Waals surface area contributed by atoms with Crippen molar-refractivity contribution in [1.29, 1.82) is 5.26 Å². The highest BCUT2D eigenvalue weighted by Gasteiger charge is 2.38. The van der Waals surface area contributed by atoms with Gasteiger partial charge in [-0.3, -0.25) is 9.99 Å². The Bertz CT molecular complexity index is 1470. The number of benzene rings is 2. The first-order valence-electron chi connectivity index (χ1n) is 12.1. The topological polar surface area (TPSA) is 88.0 Å². The number of hydrazine groups is 2. The summed E-state index contributed by atoms with van der Waals surface area (Å²) < 4.78 is 39.2. The van der Waals surface area contributed by atoms with E-state index in [-0.39, 0.29) is 5.41 Å². The maximum Gasteiger partial charge on any atom is 0.407 e. The predicted octanol–water partition coefficient (Wildman–Crippen LogP) is 5.50. The normalized spacial score (nSPS) is 15.4. The third-order valence-corrected chi connectivity index (χ3v) is 6.77. The summed E-state index contributed by atoms with van der Waals surface area (Å²) in [7, 11) is 1.80. The van der Waals surface area contributed by atoms with E-state index >= 15 is 0 Å². The number of fused-ring (bicyclic) bond motifs is 1. The van der Waals surface area contributed by atoms with Gasteiger partial charge in [0.05, 0.1) is 32.9 Å². The summed E-state index contributed by atoms with van der Waals surface area (Å²) in [6, 6.07) is 12.7. The third-order valence-electron chi connectivity index (χ3n) is 6.16. The molecule has 0 fully saturated rings. The molecule has 0 aliphatic carbocycles. The van der Waals surface area contributed by atoms with E-state index in [0.717, 1.165) is 5.01 Å². The van der Waals surface area contributed by atoms with E-state index in [4.69, 9.17) is 23.2 Å². The molecule has 1 atom stereocenters. The summed E-state index contributed by atoms with van der Waals surface area (Å²) in [5, 5.41) is 18.8. The highest BCUT2D eigenvalue weighted by atomic mass is 35.5. The molecule has 3 aromatic rings. The van der Waals surface area contributed by atoms with Crippen molar-refractivity contribution in [2.45, 2.75) is 32.4 Å². The molecular formula is C26H27BCl2F3N7. The first-order valence-corrected chi connectivity index (χ1v) is 12.8. The molecule has 0 saturated carbocycles. The first-order chi connectivity index (χ1) is 18.2. The Morgan fingerprint density at radius 1 is 1.13 bits per heavy atom. The van der Waals surface area contributed by atoms with Crippen LogP contribution < -0.4 is 21.6 Å². The molecule has 4 N–H and O–H groups in total. The average molecular weight is 576 g/mol. The van der Waals surface area contributed by atoms with Crippen LogP contribution in [0.4, 0.5) is 24.5 Å². The van der Waals surface area contributed by atoms with Crippen LogP contribution in [0.5, 0.6) is 0 Å². The minimum atomic E-state index is -4.41. The second kappa shape index (κ2) is 10.7. The van der Waals surface area contributed by atoms with Gasteiger partial charge in [-0.05, 0) is 29.2 Å². The quantitative estimate of drug-likeness (QED) is 0.277. The molecule has 0 amide bonds. The van der Waals surface area contributed by atoms with E-state index in [2.05, 4.69) is 53.4 Å². The molecule has 0 radical (unpaired) electrons. The monoisotopic (exact) mass is 575 g/mol. The van der Waals surface area contributed by atoms with Gasteiger partial charge in [0, 0.05) is 35.0 Å². The summed E-state index contributed by atoms with van der Waals surface area (Å²) in [5.74, 6) is 0. The lowest BCUT2D eigenvalue weighted by atomic mass is 9.69. The number of aromatic nitrogens is 1. The summed E-state index contributed by atoms with van der Waals surface area (Å²) >= 11 is 13.2. The van der Waals surface area contributed by atoms with E-state index in [1.165, 1.54) is 12.4 Å². The van der Waals surface area contributed by atoms with Crippen molar-refractivity contribution >= 4 is 53.3 Å². The number of nitrogens with one attached hydrogen (secondary N) is 4. The number of hydrogen-bond donors (Lipinski definition) is 4. The number of pyridine rings is 1. The standard InChI is InChI=1S/C26H27BCl2F3N7/c1-24(2,3)13-35-22-15(10-33)11-34-23-17(22)8-16(9-20(23)29)36-26(27,18-6-4-5-7-19(18)28)21-12-39(38-37-21)14-25(30,31)32/h4-9,11-12,36-38H,13-14,27H2,1-3H3,(H,34,35). The Hall–Kier alpha value is -3.33. The molecule has 204 valence electrons. The number of nitriles is 1. The number of nitrogens with zero attached hydrogens (tertiary/aromatic N) is 3. The van der Waals surface area contributed by atoms with Gasteiger partial charge in [0.15, 0.2) is 0 Å². The molecule has 0 saturated heterocycles. The Labute approximate surface area is 235 Å². The maximum absolute atomic E-state index is 13.1. The van der Waals surface area contributed by atoms with Crippen molar-refractivity contribution < 1.29 is 13.2 Å². The predicted molar refractivity (Wildman–Crippen MR) is 152 cm³/mol. The van der Waals surface area contributed by atoms with Crippen LogP contribution in [0.1, 0.15) is 31.9 Å². The summed E-state index contributed by atoms with van der Waals surface area (Å²) in [6.07, 6.45) is -1.59. The Morgan fingerprint density at radius 3 is 2.49 bits per heavy atom. The smallest absolute Gasteiger partial charge is 0.383 e. The van der Waals surface area contributed by atoms with Gasteiger partial charge in [-0.15, -0.1) is 5.53 Å². The Kier molecular flexibility index (Phi) is 7.85. The van der Waals surface area contributed by atoms with Crippen molar-refractivity contribution in [3.05, 3.63) is 75.7 Å². The average Bonchev–Trinajstić information content (AvgIpc) is 3.29. The minimum absolute atomic E-state index is 0.0689. The maximum atomic E-state index is 13.1. The van der Waals surface area contributed by atoms with Crippen LogP contribution in [-0.2, 0) is 5.44 Å². The fourth-order valence-corrected chi connectivity index (χ4v) is 4.87. The molecule has 1 aliphatic rings. The van der Waals surface area contributed by atoms with Crippen molar-refractivity contribution in [3.63, 3.8) is 0 Å². The van der Waals surface area contributed by atoms with Crippen LogP contribution in [-0.4, -0.2) is 37.1 Å². The molecule has 2 aromatic carbocycles. The largest absolute Gasteiger partial charge is 0.407 e. The van der Waals surface area contributed by atoms with Crippen LogP contribution in [0.2, 0.25) is 10.0 Å². The number of alkyl halides is 3. The Morgan fingerprint density at radius 2 is 1.85 bits per heavy atom. The first kappa shape index (κ1) is 28.7. The van der Waals surface area contributed by atoms with E-state index < -0.39 is 18.2 Å². The fraction of sp³-hybridized carbons (Fsp3) is 0.308. The van der Waals surface area contributed by atoms with Crippen LogP contribution in [0.25, 0.3) is 10.9 Å². The number of rotatable bonds is 7. The summed E-state index contributed by atoms with van der Waals surface area (Å²) in [5.41, 5.74) is 7.22. The van der Waals surface area contributed by atoms with Gasteiger partial charge in [-0.1, -0.05) is 62.2 Å². The zero-order valence-corrected chi connectivity index (χ0v) is 23.3. The number of anilines is 2. The molecule has 7 nitrogen and oxygen atoms in total. The molecule has 1 unspecified atom stereocenters. The van der Waals surface area contributed by atoms with Gasteiger partial charge >= 0.3 is 6.18 Å². The molecule has 4 rings (SSSR count). The van der Waals surface area contributed by atoms with Gasteiger partial charge < -0.3 is 16.1 Å². The molecule has 1 aliphatic heterocycles. The van der Waals surface area contributed by atoms with E-state index in [9.17, 15) is 18.4 Å². The zero-order valence-electron chi connectivity index (χ0n) is 21.8. The zero-order chi connectivity index (χ0) is 28.6.